The van der Waals surface area contributed by atoms with E-state index in [-0.39, 0.29) is 18.0 Å². The maximum absolute atomic E-state index is 12.9. The van der Waals surface area contributed by atoms with Crippen LogP contribution in [0.4, 0.5) is 4.39 Å². The molecule has 16 heavy (non-hydrogen) atoms. The van der Waals surface area contributed by atoms with Crippen molar-refractivity contribution < 1.29 is 9.50 Å². The number of hydrogen-bond acceptors (Lipinski definition) is 2. The van der Waals surface area contributed by atoms with Gasteiger partial charge < -0.3 is 10.4 Å². The molecule has 0 radical (unpaired) electrons. The van der Waals surface area contributed by atoms with Crippen molar-refractivity contribution >= 4 is 15.9 Å². The molecule has 0 aliphatic carbocycles. The van der Waals surface area contributed by atoms with Gasteiger partial charge >= 0.3 is 0 Å². The summed E-state index contributed by atoms with van der Waals surface area (Å²) in [5.41, 5.74) is 0.990. The lowest BCUT2D eigenvalue weighted by atomic mass is 10.1. The lowest BCUT2D eigenvalue weighted by Gasteiger charge is -2.17. The maximum Gasteiger partial charge on any atom is 0.124 e. The van der Waals surface area contributed by atoms with Crippen molar-refractivity contribution in [3.63, 3.8) is 0 Å². The van der Waals surface area contributed by atoms with E-state index in [1.54, 1.807) is 6.07 Å². The molecule has 0 aromatic heterocycles. The first-order valence-electron chi connectivity index (χ1n) is 5.41. The molecule has 1 aromatic carbocycles. The van der Waals surface area contributed by atoms with Gasteiger partial charge in [0.2, 0.25) is 0 Å². The highest BCUT2D eigenvalue weighted by Gasteiger charge is 2.10. The first-order valence-corrected chi connectivity index (χ1v) is 6.20. The molecule has 0 saturated heterocycles. The summed E-state index contributed by atoms with van der Waals surface area (Å²) in [6.45, 7) is 4.46. The van der Waals surface area contributed by atoms with Gasteiger partial charge in [0.25, 0.3) is 0 Å². The van der Waals surface area contributed by atoms with Crippen molar-refractivity contribution in [2.45, 2.75) is 32.4 Å². The van der Waals surface area contributed by atoms with E-state index in [1.165, 1.54) is 12.1 Å². The van der Waals surface area contributed by atoms with E-state index >= 15 is 0 Å². The van der Waals surface area contributed by atoms with Crippen LogP contribution >= 0.6 is 15.9 Å². The molecule has 4 heteroatoms. The Morgan fingerprint density at radius 2 is 2.19 bits per heavy atom. The van der Waals surface area contributed by atoms with Gasteiger partial charge in [-0.2, -0.15) is 0 Å². The average molecular weight is 290 g/mol. The van der Waals surface area contributed by atoms with Crippen molar-refractivity contribution in [3.8, 4) is 0 Å². The summed E-state index contributed by atoms with van der Waals surface area (Å²) in [5.74, 6) is -0.253. The third-order valence-electron chi connectivity index (χ3n) is 2.56. The second kappa shape index (κ2) is 6.33. The summed E-state index contributed by atoms with van der Waals surface area (Å²) in [6.07, 6.45) is 0.395. The Bertz CT molecular complexity index is 346. The summed E-state index contributed by atoms with van der Waals surface area (Å²) >= 11 is 3.33. The number of nitrogens with one attached hydrogen (secondary N) is 1. The summed E-state index contributed by atoms with van der Waals surface area (Å²) in [4.78, 5) is 0. The fourth-order valence-corrected chi connectivity index (χ4v) is 2.11. The standard InChI is InChI=1S/C12H17BrFNO/c1-3-10(16)7-15-8(2)11-5-4-9(14)6-12(11)13/h4-6,8,10,15-16H,3,7H2,1-2H3. The van der Waals surface area contributed by atoms with E-state index < -0.39 is 0 Å². The lowest BCUT2D eigenvalue weighted by Crippen LogP contribution is -2.28. The fraction of sp³-hybridized carbons (Fsp3) is 0.500. The van der Waals surface area contributed by atoms with Crippen LogP contribution in [0.3, 0.4) is 0 Å². The molecule has 0 heterocycles. The highest BCUT2D eigenvalue weighted by Crippen LogP contribution is 2.24. The van der Waals surface area contributed by atoms with Crippen LogP contribution in [0.25, 0.3) is 0 Å². The molecule has 0 spiro atoms. The SMILES string of the molecule is CCC(O)CNC(C)c1ccc(F)cc1Br. The van der Waals surface area contributed by atoms with E-state index in [1.807, 2.05) is 13.8 Å². The van der Waals surface area contributed by atoms with Crippen LogP contribution in [-0.4, -0.2) is 17.8 Å². The monoisotopic (exact) mass is 289 g/mol. The van der Waals surface area contributed by atoms with Crippen LogP contribution in [0.2, 0.25) is 0 Å². The average Bonchev–Trinajstić information content (AvgIpc) is 2.25. The summed E-state index contributed by atoms with van der Waals surface area (Å²) in [7, 11) is 0. The van der Waals surface area contributed by atoms with Gasteiger partial charge in [0.15, 0.2) is 0 Å². The van der Waals surface area contributed by atoms with Crippen molar-refractivity contribution in [3.05, 3.63) is 34.1 Å². The first kappa shape index (κ1) is 13.6. The Morgan fingerprint density at radius 1 is 1.50 bits per heavy atom. The van der Waals surface area contributed by atoms with E-state index in [0.717, 1.165) is 16.5 Å². The Balaban J connectivity index is 2.62. The second-order valence-corrected chi connectivity index (χ2v) is 4.71. The zero-order chi connectivity index (χ0) is 12.1. The predicted molar refractivity (Wildman–Crippen MR) is 66.8 cm³/mol. The highest BCUT2D eigenvalue weighted by atomic mass is 79.9. The molecular weight excluding hydrogens is 273 g/mol. The topological polar surface area (TPSA) is 32.3 Å². The van der Waals surface area contributed by atoms with Crippen molar-refractivity contribution in [1.82, 2.24) is 5.32 Å². The molecule has 0 fully saturated rings. The lowest BCUT2D eigenvalue weighted by molar-refractivity contribution is 0.163. The number of hydrogen-bond donors (Lipinski definition) is 2. The maximum atomic E-state index is 12.9. The smallest absolute Gasteiger partial charge is 0.124 e. The molecule has 0 aliphatic heterocycles. The molecule has 2 atom stereocenters. The Morgan fingerprint density at radius 3 is 2.75 bits per heavy atom. The number of aliphatic hydroxyl groups is 1. The number of aliphatic hydroxyl groups excluding tert-OH is 1. The summed E-state index contributed by atoms with van der Waals surface area (Å²) in [6, 6.07) is 4.71. The molecule has 0 aliphatic rings. The van der Waals surface area contributed by atoms with Gasteiger partial charge in [-0.05, 0) is 31.0 Å². The van der Waals surface area contributed by atoms with E-state index in [0.29, 0.717) is 6.54 Å². The molecule has 2 unspecified atom stereocenters. The second-order valence-electron chi connectivity index (χ2n) is 3.86. The molecule has 1 rings (SSSR count). The molecule has 2 N–H and O–H groups in total. The quantitative estimate of drug-likeness (QED) is 0.873. The van der Waals surface area contributed by atoms with Gasteiger partial charge in [-0.15, -0.1) is 0 Å². The van der Waals surface area contributed by atoms with Crippen LogP contribution in [-0.2, 0) is 0 Å². The zero-order valence-corrected chi connectivity index (χ0v) is 11.1. The van der Waals surface area contributed by atoms with Crippen molar-refractivity contribution in [2.24, 2.45) is 0 Å². The number of benzene rings is 1. The van der Waals surface area contributed by atoms with Crippen molar-refractivity contribution in [1.29, 1.82) is 0 Å². The molecule has 1 aromatic rings. The highest BCUT2D eigenvalue weighted by molar-refractivity contribution is 9.10. The minimum atomic E-state index is -0.332. The number of halogens is 2. The van der Waals surface area contributed by atoms with Gasteiger partial charge in [-0.3, -0.25) is 0 Å². The van der Waals surface area contributed by atoms with Gasteiger partial charge in [-0.25, -0.2) is 4.39 Å². The zero-order valence-electron chi connectivity index (χ0n) is 9.50. The number of rotatable bonds is 5. The Kier molecular flexibility index (Phi) is 5.38. The molecule has 90 valence electrons. The van der Waals surface area contributed by atoms with E-state index in [4.69, 9.17) is 0 Å². The Labute approximate surface area is 104 Å². The summed E-state index contributed by atoms with van der Waals surface area (Å²) in [5, 5.41) is 12.6. The predicted octanol–water partition coefficient (Wildman–Crippen LogP) is 3.01. The van der Waals surface area contributed by atoms with Crippen LogP contribution in [0.1, 0.15) is 31.9 Å². The van der Waals surface area contributed by atoms with E-state index in [2.05, 4.69) is 21.2 Å². The fourth-order valence-electron chi connectivity index (χ4n) is 1.42. The van der Waals surface area contributed by atoms with Crippen LogP contribution in [0, 0.1) is 5.82 Å². The summed E-state index contributed by atoms with van der Waals surface area (Å²) < 4.78 is 13.6. The molecular formula is C12H17BrFNO. The van der Waals surface area contributed by atoms with Crippen LogP contribution < -0.4 is 5.32 Å². The third-order valence-corrected chi connectivity index (χ3v) is 3.25. The molecule has 0 amide bonds. The van der Waals surface area contributed by atoms with Crippen LogP contribution in [0.5, 0.6) is 0 Å². The normalized spacial score (nSPS) is 14.8. The first-order chi connectivity index (χ1) is 7.54. The van der Waals surface area contributed by atoms with Gasteiger partial charge in [0.1, 0.15) is 5.82 Å². The minimum Gasteiger partial charge on any atom is -0.392 e. The van der Waals surface area contributed by atoms with Crippen molar-refractivity contribution in [2.75, 3.05) is 6.54 Å². The van der Waals surface area contributed by atoms with Gasteiger partial charge in [-0.1, -0.05) is 28.9 Å². The minimum absolute atomic E-state index is 0.0798. The van der Waals surface area contributed by atoms with Crippen LogP contribution in [0.15, 0.2) is 22.7 Å². The Hall–Kier alpha value is -0.450. The molecule has 0 saturated carbocycles. The largest absolute Gasteiger partial charge is 0.392 e. The molecule has 2 nitrogen and oxygen atoms in total. The van der Waals surface area contributed by atoms with Gasteiger partial charge in [0, 0.05) is 17.1 Å². The van der Waals surface area contributed by atoms with Gasteiger partial charge in [0.05, 0.1) is 6.10 Å². The third kappa shape index (κ3) is 3.85. The van der Waals surface area contributed by atoms with E-state index in [9.17, 15) is 9.50 Å². The molecule has 0 bridgehead atoms.